The predicted molar refractivity (Wildman–Crippen MR) is 145 cm³/mol. The summed E-state index contributed by atoms with van der Waals surface area (Å²) in [7, 11) is 0. The Hall–Kier alpha value is -2.71. The second-order valence-corrected chi connectivity index (χ2v) is 10.9. The van der Waals surface area contributed by atoms with E-state index in [0.29, 0.717) is 17.6 Å². The lowest BCUT2D eigenvalue weighted by Gasteiger charge is -2.39. The third-order valence-corrected chi connectivity index (χ3v) is 8.54. The minimum absolute atomic E-state index is 0.0263. The number of hydrogen-bond acceptors (Lipinski definition) is 7. The van der Waals surface area contributed by atoms with Gasteiger partial charge in [-0.1, -0.05) is 19.4 Å². The van der Waals surface area contributed by atoms with Crippen molar-refractivity contribution in [3.05, 3.63) is 34.7 Å². The van der Waals surface area contributed by atoms with Gasteiger partial charge in [0.1, 0.15) is 5.65 Å². The first-order chi connectivity index (χ1) is 17.6. The molecule has 2 N–H and O–H groups in total. The highest BCUT2D eigenvalue weighted by atomic mass is 16.3. The number of unbranched alkanes of at least 4 members (excludes halogenated alkanes) is 1. The average molecular weight is 491 g/mol. The molecule has 2 aromatic heterocycles. The van der Waals surface area contributed by atoms with Gasteiger partial charge in [0.2, 0.25) is 5.95 Å². The summed E-state index contributed by atoms with van der Waals surface area (Å²) in [5, 5.41) is 16.0. The summed E-state index contributed by atoms with van der Waals surface area (Å²) in [6.45, 7) is 7.32. The maximum Gasteiger partial charge on any atom is 0.260 e. The Balaban J connectivity index is 1.44. The van der Waals surface area contributed by atoms with Gasteiger partial charge in [-0.25, -0.2) is 4.98 Å². The second-order valence-electron chi connectivity index (χ2n) is 10.9. The zero-order valence-electron chi connectivity index (χ0n) is 21.3. The van der Waals surface area contributed by atoms with E-state index in [2.05, 4.69) is 45.2 Å². The van der Waals surface area contributed by atoms with Gasteiger partial charge in [-0.05, 0) is 69.0 Å². The number of hydrogen-bond donors (Lipinski definition) is 2. The first-order valence-electron chi connectivity index (χ1n) is 13.9. The van der Waals surface area contributed by atoms with Crippen LogP contribution >= 0.6 is 0 Å². The van der Waals surface area contributed by atoms with Crippen molar-refractivity contribution in [2.75, 3.05) is 42.9 Å². The number of anilines is 2. The van der Waals surface area contributed by atoms with Gasteiger partial charge in [-0.2, -0.15) is 4.98 Å². The third-order valence-electron chi connectivity index (χ3n) is 8.54. The van der Waals surface area contributed by atoms with Crippen LogP contribution in [0.4, 0.5) is 11.6 Å². The lowest BCUT2D eigenvalue weighted by Crippen LogP contribution is -2.50. The van der Waals surface area contributed by atoms with Crippen molar-refractivity contribution in [1.29, 1.82) is 0 Å². The quantitative estimate of drug-likeness (QED) is 0.400. The number of pyridine rings is 1. The molecule has 3 fully saturated rings. The number of aliphatic hydroxyl groups is 1. The number of piperazine rings is 1. The van der Waals surface area contributed by atoms with Gasteiger partial charge >= 0.3 is 0 Å². The topological polar surface area (TPSA) is 86.5 Å². The maximum absolute atomic E-state index is 14.1. The smallest absolute Gasteiger partial charge is 0.260 e. The van der Waals surface area contributed by atoms with Gasteiger partial charge < -0.3 is 15.3 Å². The van der Waals surface area contributed by atoms with E-state index in [4.69, 9.17) is 4.98 Å². The third kappa shape index (κ3) is 4.34. The van der Waals surface area contributed by atoms with E-state index in [0.717, 1.165) is 86.6 Å². The van der Waals surface area contributed by atoms with E-state index in [-0.39, 0.29) is 17.7 Å². The van der Waals surface area contributed by atoms with Crippen LogP contribution in [-0.2, 0) is 0 Å². The maximum atomic E-state index is 14.1. The number of nitrogens with one attached hydrogen (secondary N) is 1. The Morgan fingerprint density at radius 3 is 2.72 bits per heavy atom. The summed E-state index contributed by atoms with van der Waals surface area (Å²) in [6, 6.07) is 7.03. The number of rotatable bonds is 6. The number of fused-ring (bicyclic) bond motifs is 4. The first-order valence-corrected chi connectivity index (χ1v) is 13.9. The molecular weight excluding hydrogens is 452 g/mol. The first kappa shape index (κ1) is 23.7. The fraction of sp³-hybridized carbons (Fsp3) is 0.607. The van der Waals surface area contributed by atoms with Crippen LogP contribution in [0, 0.1) is 0 Å². The molecule has 0 unspecified atom stereocenters. The second kappa shape index (κ2) is 9.98. The molecule has 4 heterocycles. The van der Waals surface area contributed by atoms with E-state index in [1.807, 2.05) is 10.8 Å². The molecule has 6 rings (SSSR count). The Morgan fingerprint density at radius 2 is 1.89 bits per heavy atom. The van der Waals surface area contributed by atoms with E-state index < -0.39 is 0 Å². The van der Waals surface area contributed by atoms with Crippen LogP contribution in [0.2, 0.25) is 0 Å². The zero-order valence-corrected chi connectivity index (χ0v) is 21.3. The van der Waals surface area contributed by atoms with Crippen molar-refractivity contribution >= 4 is 33.4 Å². The molecule has 2 saturated heterocycles. The molecule has 1 aromatic carbocycles. The summed E-state index contributed by atoms with van der Waals surface area (Å²) in [5.74, 6) is 0.574. The average Bonchev–Trinajstić information content (AvgIpc) is 3.38. The van der Waals surface area contributed by atoms with Crippen molar-refractivity contribution in [2.24, 2.45) is 0 Å². The monoisotopic (exact) mass is 490 g/mol. The van der Waals surface area contributed by atoms with Gasteiger partial charge in [-0.3, -0.25) is 14.3 Å². The van der Waals surface area contributed by atoms with Crippen LogP contribution in [0.3, 0.4) is 0 Å². The van der Waals surface area contributed by atoms with Gasteiger partial charge in [0.25, 0.3) is 5.56 Å². The molecule has 0 spiro atoms. The van der Waals surface area contributed by atoms with Crippen LogP contribution in [0.5, 0.6) is 0 Å². The molecule has 8 nitrogen and oxygen atoms in total. The van der Waals surface area contributed by atoms with Gasteiger partial charge in [0.15, 0.2) is 0 Å². The van der Waals surface area contributed by atoms with Gasteiger partial charge in [0.05, 0.1) is 11.5 Å². The minimum atomic E-state index is -0.273. The highest BCUT2D eigenvalue weighted by Gasteiger charge is 2.31. The molecule has 0 bridgehead atoms. The Morgan fingerprint density at radius 1 is 1.03 bits per heavy atom. The standard InChI is InChI=1S/C28H38N6O2/c1-2-3-12-29-28-30-17-25-23-11-8-20(33-15-14-32-13-4-5-21(32)18-33)16-24(23)27(36)34(26(25)31-28)19-6-9-22(35)10-7-19/h8,11,16-17,19,21-22,35H,2-7,9-10,12-15,18H2,1H3,(H,29,30,31)/t19-,21-,22-/m0/s1. The van der Waals surface area contributed by atoms with E-state index in [9.17, 15) is 9.90 Å². The normalized spacial score (nSPS) is 24.9. The fourth-order valence-electron chi connectivity index (χ4n) is 6.46. The van der Waals surface area contributed by atoms with Crippen LogP contribution in [0.15, 0.2) is 29.2 Å². The summed E-state index contributed by atoms with van der Waals surface area (Å²) in [5.41, 5.74) is 1.86. The molecule has 1 saturated carbocycles. The summed E-state index contributed by atoms with van der Waals surface area (Å²) in [6.07, 6.45) is 9.31. The molecule has 1 aliphatic carbocycles. The highest BCUT2D eigenvalue weighted by Crippen LogP contribution is 2.33. The predicted octanol–water partition coefficient (Wildman–Crippen LogP) is 3.92. The molecule has 0 radical (unpaired) electrons. The molecule has 0 amide bonds. The Kier molecular flexibility index (Phi) is 6.56. The number of nitrogens with zero attached hydrogens (tertiary/aromatic N) is 5. The van der Waals surface area contributed by atoms with Gasteiger partial charge in [-0.15, -0.1) is 0 Å². The number of benzene rings is 1. The van der Waals surface area contributed by atoms with Crippen molar-refractivity contribution in [3.63, 3.8) is 0 Å². The van der Waals surface area contributed by atoms with E-state index >= 15 is 0 Å². The molecule has 3 aromatic rings. The largest absolute Gasteiger partial charge is 0.393 e. The van der Waals surface area contributed by atoms with Crippen LogP contribution in [0.25, 0.3) is 21.8 Å². The van der Waals surface area contributed by atoms with Crippen molar-refractivity contribution in [1.82, 2.24) is 19.4 Å². The van der Waals surface area contributed by atoms with Gasteiger partial charge in [0, 0.05) is 55.5 Å². The molecule has 36 heavy (non-hydrogen) atoms. The zero-order chi connectivity index (χ0) is 24.6. The van der Waals surface area contributed by atoms with E-state index in [1.165, 1.54) is 19.4 Å². The number of aromatic nitrogens is 3. The fourth-order valence-corrected chi connectivity index (χ4v) is 6.46. The van der Waals surface area contributed by atoms with Crippen molar-refractivity contribution in [2.45, 2.75) is 76.5 Å². The summed E-state index contributed by atoms with van der Waals surface area (Å²) >= 11 is 0. The van der Waals surface area contributed by atoms with Crippen molar-refractivity contribution in [3.8, 4) is 0 Å². The molecule has 8 heteroatoms. The van der Waals surface area contributed by atoms with E-state index in [1.54, 1.807) is 0 Å². The molecule has 2 aliphatic heterocycles. The summed E-state index contributed by atoms with van der Waals surface area (Å²) < 4.78 is 1.91. The molecule has 3 aliphatic rings. The van der Waals surface area contributed by atoms with Crippen molar-refractivity contribution < 1.29 is 5.11 Å². The molecule has 192 valence electrons. The molecule has 1 atom stereocenters. The van der Waals surface area contributed by atoms with Crippen LogP contribution < -0.4 is 15.8 Å². The summed E-state index contributed by atoms with van der Waals surface area (Å²) in [4.78, 5) is 28.6. The van der Waals surface area contributed by atoms with Crippen LogP contribution in [-0.4, -0.2) is 69.4 Å². The lowest BCUT2D eigenvalue weighted by atomic mass is 9.92. The SMILES string of the molecule is CCCCNc1ncc2c3ccc(N4CCN5CCC[C@H]5C4)cc3c(=O)n([C@H]3CC[C@H](O)CC3)c2n1. The Bertz CT molecular complexity index is 1300. The highest BCUT2D eigenvalue weighted by molar-refractivity contribution is 6.05. The number of aliphatic hydroxyl groups excluding tert-OH is 1. The molecular formula is C28H38N6O2. The minimum Gasteiger partial charge on any atom is -0.393 e. The lowest BCUT2D eigenvalue weighted by molar-refractivity contribution is 0.111. The van der Waals surface area contributed by atoms with Crippen LogP contribution in [0.1, 0.15) is 64.3 Å². The Labute approximate surface area is 212 Å².